The van der Waals surface area contributed by atoms with Crippen molar-refractivity contribution < 1.29 is 19.4 Å². The maximum absolute atomic E-state index is 12.5. The van der Waals surface area contributed by atoms with Crippen LogP contribution in [0.2, 0.25) is 0 Å². The number of pyridine rings is 1. The van der Waals surface area contributed by atoms with Gasteiger partial charge in [0.15, 0.2) is 0 Å². The quantitative estimate of drug-likeness (QED) is 0.620. The maximum atomic E-state index is 12.5. The van der Waals surface area contributed by atoms with Crippen LogP contribution in [-0.2, 0) is 9.53 Å². The summed E-state index contributed by atoms with van der Waals surface area (Å²) in [5.41, 5.74) is 1.19. The molecule has 0 radical (unpaired) electrons. The number of carboxylic acids is 1. The molecule has 0 spiro atoms. The van der Waals surface area contributed by atoms with Crippen LogP contribution in [0.5, 0.6) is 0 Å². The number of rotatable bonds is 8. The third kappa shape index (κ3) is 5.49. The molecule has 3 aliphatic rings. The van der Waals surface area contributed by atoms with Crippen LogP contribution >= 0.6 is 0 Å². The summed E-state index contributed by atoms with van der Waals surface area (Å²) >= 11 is 0. The van der Waals surface area contributed by atoms with Gasteiger partial charge in [0.05, 0.1) is 12.5 Å². The average Bonchev–Trinajstić information content (AvgIpc) is 3.18. The fourth-order valence-electron chi connectivity index (χ4n) is 5.64. The SMILES string of the molecule is O=C(O)C1CCCCC1CCCCC1CN(C2CCN(c3ccncc3)CC2)C(=O)O1. The number of amides is 1. The molecule has 4 rings (SSSR count). The Balaban J connectivity index is 1.17. The number of carbonyl (C=O) groups is 2. The minimum Gasteiger partial charge on any atom is -0.481 e. The molecular weight excluding hydrogens is 394 g/mol. The number of carboxylic acid groups (broad SMARTS) is 1. The number of carbonyl (C=O) groups excluding carboxylic acids is 1. The van der Waals surface area contributed by atoms with Crippen molar-refractivity contribution in [3.05, 3.63) is 24.5 Å². The van der Waals surface area contributed by atoms with Gasteiger partial charge >= 0.3 is 12.1 Å². The largest absolute Gasteiger partial charge is 0.481 e. The highest BCUT2D eigenvalue weighted by Crippen LogP contribution is 2.34. The van der Waals surface area contributed by atoms with Crippen LogP contribution < -0.4 is 4.90 Å². The lowest BCUT2D eigenvalue weighted by molar-refractivity contribution is -0.145. The summed E-state index contributed by atoms with van der Waals surface area (Å²) in [7, 11) is 0. The first-order valence-corrected chi connectivity index (χ1v) is 12.0. The summed E-state index contributed by atoms with van der Waals surface area (Å²) in [5.74, 6) is -0.467. The molecule has 2 aliphatic heterocycles. The minimum absolute atomic E-state index is 0.0210. The molecule has 1 amide bonds. The lowest BCUT2D eigenvalue weighted by atomic mass is 9.76. The summed E-state index contributed by atoms with van der Waals surface area (Å²) in [5, 5.41) is 9.43. The molecule has 1 aliphatic carbocycles. The van der Waals surface area contributed by atoms with Crippen molar-refractivity contribution in [1.82, 2.24) is 9.88 Å². The molecule has 3 unspecified atom stereocenters. The van der Waals surface area contributed by atoms with Gasteiger partial charge in [-0.25, -0.2) is 4.79 Å². The number of aromatic nitrogens is 1. The number of hydrogen-bond acceptors (Lipinski definition) is 5. The first-order valence-electron chi connectivity index (χ1n) is 12.0. The first kappa shape index (κ1) is 21.9. The molecule has 3 heterocycles. The predicted octanol–water partition coefficient (Wildman–Crippen LogP) is 4.32. The van der Waals surface area contributed by atoms with E-state index in [1.165, 1.54) is 5.69 Å². The van der Waals surface area contributed by atoms with Gasteiger partial charge in [-0.2, -0.15) is 0 Å². The van der Waals surface area contributed by atoms with Gasteiger partial charge in [-0.3, -0.25) is 9.78 Å². The second-order valence-corrected chi connectivity index (χ2v) is 9.36. The molecule has 0 aromatic carbocycles. The highest BCUT2D eigenvalue weighted by molar-refractivity contribution is 5.70. The lowest BCUT2D eigenvalue weighted by Gasteiger charge is -2.36. The van der Waals surface area contributed by atoms with Crippen LogP contribution in [0.1, 0.15) is 64.2 Å². The van der Waals surface area contributed by atoms with Crippen molar-refractivity contribution >= 4 is 17.7 Å². The number of cyclic esters (lactones) is 1. The Hall–Kier alpha value is -2.31. The molecule has 1 saturated carbocycles. The fourth-order valence-corrected chi connectivity index (χ4v) is 5.64. The second kappa shape index (κ2) is 10.3. The van der Waals surface area contributed by atoms with E-state index in [0.717, 1.165) is 77.3 Å². The minimum atomic E-state index is -0.625. The zero-order chi connectivity index (χ0) is 21.6. The highest BCUT2D eigenvalue weighted by atomic mass is 16.6. The molecule has 2 saturated heterocycles. The van der Waals surface area contributed by atoms with E-state index in [-0.39, 0.29) is 24.2 Å². The molecule has 1 N–H and O–H groups in total. The lowest BCUT2D eigenvalue weighted by Crippen LogP contribution is -2.45. The van der Waals surface area contributed by atoms with Gasteiger partial charge in [0.1, 0.15) is 6.10 Å². The molecule has 3 fully saturated rings. The summed E-state index contributed by atoms with van der Waals surface area (Å²) < 4.78 is 5.66. The Morgan fingerprint density at radius 3 is 2.52 bits per heavy atom. The molecule has 1 aromatic heterocycles. The van der Waals surface area contributed by atoms with Gasteiger partial charge in [-0.05, 0) is 63.0 Å². The van der Waals surface area contributed by atoms with Crippen molar-refractivity contribution in [3.63, 3.8) is 0 Å². The van der Waals surface area contributed by atoms with Gasteiger partial charge in [0.2, 0.25) is 0 Å². The van der Waals surface area contributed by atoms with Crippen molar-refractivity contribution in [3.8, 4) is 0 Å². The summed E-state index contributed by atoms with van der Waals surface area (Å²) in [6.07, 6.45) is 13.3. The van der Waals surface area contributed by atoms with E-state index in [9.17, 15) is 14.7 Å². The molecule has 1 aromatic rings. The van der Waals surface area contributed by atoms with E-state index in [0.29, 0.717) is 12.5 Å². The number of aliphatic carboxylic acids is 1. The van der Waals surface area contributed by atoms with Crippen molar-refractivity contribution in [2.75, 3.05) is 24.5 Å². The van der Waals surface area contributed by atoms with E-state index in [1.54, 1.807) is 0 Å². The van der Waals surface area contributed by atoms with Crippen LogP contribution in [0, 0.1) is 11.8 Å². The Bertz CT molecular complexity index is 736. The number of hydrogen-bond donors (Lipinski definition) is 1. The topological polar surface area (TPSA) is 83.0 Å². The maximum Gasteiger partial charge on any atom is 0.410 e. The highest BCUT2D eigenvalue weighted by Gasteiger charge is 2.37. The van der Waals surface area contributed by atoms with Crippen molar-refractivity contribution in [2.24, 2.45) is 11.8 Å². The number of anilines is 1. The molecule has 7 heteroatoms. The monoisotopic (exact) mass is 429 g/mol. The van der Waals surface area contributed by atoms with Crippen LogP contribution in [0.4, 0.5) is 10.5 Å². The van der Waals surface area contributed by atoms with E-state index in [2.05, 4.69) is 9.88 Å². The molecule has 3 atom stereocenters. The van der Waals surface area contributed by atoms with Gasteiger partial charge in [-0.1, -0.05) is 19.3 Å². The number of piperidine rings is 1. The van der Waals surface area contributed by atoms with E-state index < -0.39 is 5.97 Å². The van der Waals surface area contributed by atoms with Crippen LogP contribution in [-0.4, -0.2) is 58.8 Å². The van der Waals surface area contributed by atoms with Crippen molar-refractivity contribution in [2.45, 2.75) is 76.4 Å². The van der Waals surface area contributed by atoms with Gasteiger partial charge in [0.25, 0.3) is 0 Å². The van der Waals surface area contributed by atoms with E-state index >= 15 is 0 Å². The zero-order valence-electron chi connectivity index (χ0n) is 18.3. The summed E-state index contributed by atoms with van der Waals surface area (Å²) in [4.78, 5) is 32.3. The van der Waals surface area contributed by atoms with E-state index in [1.807, 2.05) is 29.4 Å². The summed E-state index contributed by atoms with van der Waals surface area (Å²) in [6, 6.07) is 4.33. The summed E-state index contributed by atoms with van der Waals surface area (Å²) in [6.45, 7) is 2.57. The fraction of sp³-hybridized carbons (Fsp3) is 0.708. The average molecular weight is 430 g/mol. The number of unbranched alkanes of at least 4 members (excludes halogenated alkanes) is 1. The molecular formula is C24H35N3O4. The Labute approximate surface area is 184 Å². The van der Waals surface area contributed by atoms with Crippen LogP contribution in [0.3, 0.4) is 0 Å². The molecule has 170 valence electrons. The Kier molecular flexibility index (Phi) is 7.30. The Morgan fingerprint density at radius 2 is 1.77 bits per heavy atom. The normalized spacial score (nSPS) is 27.4. The third-order valence-electron chi connectivity index (χ3n) is 7.41. The van der Waals surface area contributed by atoms with Gasteiger partial charge < -0.3 is 19.6 Å². The third-order valence-corrected chi connectivity index (χ3v) is 7.41. The molecule has 0 bridgehead atoms. The first-order chi connectivity index (χ1) is 15.1. The Morgan fingerprint density at radius 1 is 1.06 bits per heavy atom. The molecule has 7 nitrogen and oxygen atoms in total. The number of ether oxygens (including phenoxy) is 1. The standard InChI is InChI=1S/C24H35N3O4/c28-23(29)22-8-4-2-6-18(22)5-1-3-7-21-17-27(24(30)31-21)20-11-15-26(16-12-20)19-9-13-25-14-10-19/h9-10,13-14,18,20-22H,1-8,11-12,15-17H2,(H,28,29). The van der Waals surface area contributed by atoms with Crippen LogP contribution in [0.25, 0.3) is 0 Å². The van der Waals surface area contributed by atoms with Crippen LogP contribution in [0.15, 0.2) is 24.5 Å². The second-order valence-electron chi connectivity index (χ2n) is 9.36. The van der Waals surface area contributed by atoms with E-state index in [4.69, 9.17) is 4.74 Å². The smallest absolute Gasteiger partial charge is 0.410 e. The van der Waals surface area contributed by atoms with Gasteiger partial charge in [-0.15, -0.1) is 0 Å². The number of nitrogens with zero attached hydrogens (tertiary/aromatic N) is 3. The molecule has 31 heavy (non-hydrogen) atoms. The zero-order valence-corrected chi connectivity index (χ0v) is 18.3. The predicted molar refractivity (Wildman–Crippen MR) is 118 cm³/mol. The van der Waals surface area contributed by atoms with Crippen molar-refractivity contribution in [1.29, 1.82) is 0 Å². The van der Waals surface area contributed by atoms with Gasteiger partial charge in [0, 0.05) is 37.2 Å².